The molecule has 0 saturated carbocycles. The van der Waals surface area contributed by atoms with E-state index in [1.807, 2.05) is 0 Å². The summed E-state index contributed by atoms with van der Waals surface area (Å²) in [6.45, 7) is 5.15. The summed E-state index contributed by atoms with van der Waals surface area (Å²) < 4.78 is 10.6. The lowest BCUT2D eigenvalue weighted by Crippen LogP contribution is -2.50. The van der Waals surface area contributed by atoms with Crippen molar-refractivity contribution in [1.29, 1.82) is 0 Å². The lowest BCUT2D eigenvalue weighted by atomic mass is 10.1. The molecule has 1 saturated heterocycles. The van der Waals surface area contributed by atoms with Gasteiger partial charge in [-0.1, -0.05) is 6.58 Å². The molecule has 4 atom stereocenters. The molecule has 0 spiro atoms. The zero-order valence-corrected chi connectivity index (χ0v) is 12.4. The Kier molecular flexibility index (Phi) is 4.46. The zero-order chi connectivity index (χ0) is 14.2. The number of urea groups is 1. The van der Waals surface area contributed by atoms with E-state index in [-0.39, 0.29) is 6.61 Å². The number of nitrogens with one attached hydrogen (secondary N) is 1. The predicted octanol–water partition coefficient (Wildman–Crippen LogP) is 0.242. The third-order valence-electron chi connectivity index (χ3n) is 3.17. The van der Waals surface area contributed by atoms with E-state index in [2.05, 4.69) is 11.9 Å². The molecule has 0 bridgehead atoms. The second kappa shape index (κ2) is 5.75. The minimum Gasteiger partial charge on any atom is -0.394 e. The van der Waals surface area contributed by atoms with Crippen LogP contribution in [0.25, 0.3) is 0 Å². The number of hydrogen-bond acceptors (Lipinski definition) is 5. The van der Waals surface area contributed by atoms with Gasteiger partial charge >= 0.3 is 6.03 Å². The maximum atomic E-state index is 11.9. The number of nitrogens with zero attached hydrogens (tertiary/aromatic N) is 1. The van der Waals surface area contributed by atoms with Crippen LogP contribution >= 0.6 is 23.0 Å². The van der Waals surface area contributed by atoms with Gasteiger partial charge in [-0.05, 0) is 12.5 Å². The largest absolute Gasteiger partial charge is 0.394 e. The molecule has 0 aliphatic carbocycles. The summed E-state index contributed by atoms with van der Waals surface area (Å²) in [5, 5.41) is 21.7. The fourth-order valence-electron chi connectivity index (χ4n) is 2.02. The van der Waals surface area contributed by atoms with Crippen LogP contribution in [0.5, 0.6) is 0 Å². The van der Waals surface area contributed by atoms with Gasteiger partial charge in [-0.3, -0.25) is 4.90 Å². The Morgan fingerprint density at radius 3 is 2.95 bits per heavy atom. The van der Waals surface area contributed by atoms with Gasteiger partial charge < -0.3 is 23.3 Å². The van der Waals surface area contributed by atoms with Gasteiger partial charge in [0.25, 0.3) is 0 Å². The number of aliphatic hydroxyl groups excluding tert-OH is 2. The number of allylic oxidation sites excluding steroid dienone is 1. The highest BCUT2D eigenvalue weighted by atomic mass is 127. The average Bonchev–Trinajstić information content (AvgIpc) is 2.70. The summed E-state index contributed by atoms with van der Waals surface area (Å²) in [5.74, 6) is 0. The number of amides is 2. The van der Waals surface area contributed by atoms with Crippen molar-refractivity contribution in [2.24, 2.45) is 0 Å². The monoisotopic (exact) mass is 382 g/mol. The van der Waals surface area contributed by atoms with Crippen LogP contribution in [0.3, 0.4) is 0 Å². The minimum atomic E-state index is -1.00. The molecule has 106 valence electrons. The SMILES string of the molecule is C=C1NC(=O)N(C2OC(CO)C(O)C2OI)C=C1C. The van der Waals surface area contributed by atoms with Crippen LogP contribution in [-0.4, -0.2) is 52.3 Å². The van der Waals surface area contributed by atoms with E-state index < -0.39 is 30.6 Å². The summed E-state index contributed by atoms with van der Waals surface area (Å²) in [4.78, 5) is 13.2. The van der Waals surface area contributed by atoms with Gasteiger partial charge in [0.1, 0.15) is 41.3 Å². The molecule has 7 nitrogen and oxygen atoms in total. The van der Waals surface area contributed by atoms with Crippen molar-refractivity contribution >= 4 is 29.0 Å². The fourth-order valence-corrected chi connectivity index (χ4v) is 2.57. The second-order valence-electron chi connectivity index (χ2n) is 4.42. The van der Waals surface area contributed by atoms with Gasteiger partial charge in [0.2, 0.25) is 0 Å². The Morgan fingerprint density at radius 2 is 2.37 bits per heavy atom. The van der Waals surface area contributed by atoms with Crippen molar-refractivity contribution < 1.29 is 22.8 Å². The summed E-state index contributed by atoms with van der Waals surface area (Å²) in [6, 6.07) is -0.412. The van der Waals surface area contributed by atoms with Crippen molar-refractivity contribution in [2.45, 2.75) is 31.5 Å². The van der Waals surface area contributed by atoms with Gasteiger partial charge in [-0.15, -0.1) is 0 Å². The van der Waals surface area contributed by atoms with Crippen LogP contribution in [0.2, 0.25) is 0 Å². The first-order valence-electron chi connectivity index (χ1n) is 5.68. The quantitative estimate of drug-likeness (QED) is 0.609. The number of halogens is 1. The molecule has 0 radical (unpaired) electrons. The molecule has 8 heteroatoms. The summed E-state index contributed by atoms with van der Waals surface area (Å²) in [6.07, 6.45) is -1.73. The lowest BCUT2D eigenvalue weighted by molar-refractivity contribution is -0.0596. The predicted molar refractivity (Wildman–Crippen MR) is 73.9 cm³/mol. The topological polar surface area (TPSA) is 91.3 Å². The zero-order valence-electron chi connectivity index (χ0n) is 10.2. The van der Waals surface area contributed by atoms with Crippen LogP contribution in [0.1, 0.15) is 6.92 Å². The summed E-state index contributed by atoms with van der Waals surface area (Å²) in [7, 11) is 0. The molecule has 19 heavy (non-hydrogen) atoms. The average molecular weight is 382 g/mol. The van der Waals surface area contributed by atoms with Crippen LogP contribution in [0.15, 0.2) is 24.0 Å². The summed E-state index contributed by atoms with van der Waals surface area (Å²) in [5.41, 5.74) is 1.29. The lowest BCUT2D eigenvalue weighted by Gasteiger charge is -2.32. The standard InChI is InChI=1S/C11H15IN2O5/c1-5-3-14(11(17)13-6(5)2)10-9(19-12)8(16)7(4-15)18-10/h3,7-10,15-16H,2,4H2,1H3,(H,13,17). The molecular weight excluding hydrogens is 367 g/mol. The van der Waals surface area contributed by atoms with E-state index in [0.717, 1.165) is 5.57 Å². The Hall–Kier alpha value is -0.680. The van der Waals surface area contributed by atoms with E-state index in [1.54, 1.807) is 36.1 Å². The first-order chi connectivity index (χ1) is 8.99. The van der Waals surface area contributed by atoms with Crippen LogP contribution in [-0.2, 0) is 7.80 Å². The normalized spacial score (nSPS) is 35.4. The highest BCUT2D eigenvalue weighted by molar-refractivity contribution is 14.1. The van der Waals surface area contributed by atoms with Crippen molar-refractivity contribution in [3.8, 4) is 0 Å². The molecule has 0 aromatic heterocycles. The van der Waals surface area contributed by atoms with Gasteiger partial charge in [-0.25, -0.2) is 4.79 Å². The number of aliphatic hydroxyl groups is 2. The van der Waals surface area contributed by atoms with Crippen molar-refractivity contribution in [2.75, 3.05) is 6.61 Å². The number of carbonyl (C=O) groups is 1. The first-order valence-corrected chi connectivity index (χ1v) is 6.56. The number of hydrogen-bond donors (Lipinski definition) is 3. The van der Waals surface area contributed by atoms with Gasteiger partial charge in [-0.2, -0.15) is 0 Å². The maximum absolute atomic E-state index is 11.9. The number of carbonyl (C=O) groups excluding carboxylic acids is 1. The Labute approximate surface area is 124 Å². The molecule has 3 N–H and O–H groups in total. The molecule has 4 unspecified atom stereocenters. The van der Waals surface area contributed by atoms with E-state index in [0.29, 0.717) is 5.70 Å². The fraction of sp³-hybridized carbons (Fsp3) is 0.545. The molecule has 2 aliphatic rings. The van der Waals surface area contributed by atoms with E-state index in [4.69, 9.17) is 12.9 Å². The second-order valence-corrected chi connectivity index (χ2v) is 4.93. The highest BCUT2D eigenvalue weighted by Gasteiger charge is 2.48. The van der Waals surface area contributed by atoms with E-state index in [9.17, 15) is 9.90 Å². The van der Waals surface area contributed by atoms with Crippen LogP contribution in [0, 0.1) is 0 Å². The van der Waals surface area contributed by atoms with E-state index >= 15 is 0 Å². The molecule has 2 rings (SSSR count). The van der Waals surface area contributed by atoms with Gasteiger partial charge in [0.05, 0.1) is 6.61 Å². The molecule has 2 aliphatic heterocycles. The molecular formula is C11H15IN2O5. The first kappa shape index (κ1) is 14.7. The van der Waals surface area contributed by atoms with Crippen LogP contribution in [0.4, 0.5) is 4.79 Å². The van der Waals surface area contributed by atoms with Crippen molar-refractivity contribution in [1.82, 2.24) is 10.2 Å². The van der Waals surface area contributed by atoms with Crippen molar-refractivity contribution in [3.05, 3.63) is 24.0 Å². The smallest absolute Gasteiger partial charge is 0.328 e. The number of ether oxygens (including phenoxy) is 1. The summed E-state index contributed by atoms with van der Waals surface area (Å²) >= 11 is 1.64. The maximum Gasteiger partial charge on any atom is 0.328 e. The molecule has 1 fully saturated rings. The number of rotatable bonds is 3. The third-order valence-corrected chi connectivity index (χ3v) is 3.76. The highest BCUT2D eigenvalue weighted by Crippen LogP contribution is 2.30. The Bertz CT molecular complexity index is 427. The molecule has 0 aromatic carbocycles. The van der Waals surface area contributed by atoms with Gasteiger partial charge in [0.15, 0.2) is 6.23 Å². The van der Waals surface area contributed by atoms with Crippen LogP contribution < -0.4 is 5.32 Å². The van der Waals surface area contributed by atoms with Gasteiger partial charge in [0, 0.05) is 11.9 Å². The molecule has 2 heterocycles. The Morgan fingerprint density at radius 1 is 1.68 bits per heavy atom. The third kappa shape index (κ3) is 2.63. The molecule has 0 aromatic rings. The molecule has 2 amide bonds. The van der Waals surface area contributed by atoms with Crippen molar-refractivity contribution in [3.63, 3.8) is 0 Å². The van der Waals surface area contributed by atoms with E-state index in [1.165, 1.54) is 4.90 Å². The Balaban J connectivity index is 2.25. The minimum absolute atomic E-state index is 0.348.